The van der Waals surface area contributed by atoms with Crippen LogP contribution in [-0.4, -0.2) is 16.8 Å². The van der Waals surface area contributed by atoms with Crippen LogP contribution in [0.5, 0.6) is 0 Å². The van der Waals surface area contributed by atoms with Crippen LogP contribution < -0.4 is 5.32 Å². The summed E-state index contributed by atoms with van der Waals surface area (Å²) in [6.07, 6.45) is 1.66. The Morgan fingerprint density at radius 3 is 2.71 bits per heavy atom. The van der Waals surface area contributed by atoms with Crippen molar-refractivity contribution in [3.8, 4) is 0 Å². The molecule has 5 heteroatoms. The standard InChI is InChI=1S/C16H21BrClN3/c1-5-13-16(18)15(21(4)20-13)9-14(19-3)11-8-10(2)6-7-12(11)17/h6-8,14,19H,5,9H2,1-4H3. The van der Waals surface area contributed by atoms with Gasteiger partial charge in [0.25, 0.3) is 0 Å². The number of hydrogen-bond acceptors (Lipinski definition) is 2. The first kappa shape index (κ1) is 16.5. The van der Waals surface area contributed by atoms with Crippen molar-refractivity contribution in [1.82, 2.24) is 15.1 Å². The van der Waals surface area contributed by atoms with Crippen LogP contribution in [0, 0.1) is 6.92 Å². The Bertz CT molecular complexity index is 637. The van der Waals surface area contributed by atoms with Crippen molar-refractivity contribution in [2.75, 3.05) is 7.05 Å². The molecule has 21 heavy (non-hydrogen) atoms. The smallest absolute Gasteiger partial charge is 0.0850 e. The van der Waals surface area contributed by atoms with Crippen LogP contribution in [0.25, 0.3) is 0 Å². The summed E-state index contributed by atoms with van der Waals surface area (Å²) >= 11 is 10.1. The third-order valence-corrected chi connectivity index (χ3v) is 4.93. The van der Waals surface area contributed by atoms with E-state index in [2.05, 4.69) is 58.4 Å². The van der Waals surface area contributed by atoms with Crippen molar-refractivity contribution >= 4 is 27.5 Å². The van der Waals surface area contributed by atoms with Crippen LogP contribution in [-0.2, 0) is 19.9 Å². The minimum absolute atomic E-state index is 0.192. The zero-order valence-electron chi connectivity index (χ0n) is 12.9. The Morgan fingerprint density at radius 1 is 1.43 bits per heavy atom. The molecule has 0 amide bonds. The number of benzene rings is 1. The molecule has 0 aliphatic carbocycles. The quantitative estimate of drug-likeness (QED) is 0.854. The third kappa shape index (κ3) is 3.50. The minimum Gasteiger partial charge on any atom is -0.313 e. The molecule has 1 heterocycles. The molecule has 1 N–H and O–H groups in total. The molecule has 0 radical (unpaired) electrons. The van der Waals surface area contributed by atoms with E-state index in [-0.39, 0.29) is 6.04 Å². The zero-order chi connectivity index (χ0) is 15.6. The summed E-state index contributed by atoms with van der Waals surface area (Å²) in [4.78, 5) is 0. The molecule has 0 bridgehead atoms. The Balaban J connectivity index is 2.36. The molecular formula is C16H21BrClN3. The van der Waals surface area contributed by atoms with E-state index < -0.39 is 0 Å². The number of likely N-dealkylation sites (N-methyl/N-ethyl adjacent to an activating group) is 1. The van der Waals surface area contributed by atoms with Gasteiger partial charge in [-0.25, -0.2) is 0 Å². The fraction of sp³-hybridized carbons (Fsp3) is 0.438. The number of nitrogens with zero attached hydrogens (tertiary/aromatic N) is 2. The molecule has 2 aromatic rings. The van der Waals surface area contributed by atoms with Gasteiger partial charge in [0.05, 0.1) is 16.4 Å². The first-order valence-electron chi connectivity index (χ1n) is 7.11. The number of hydrogen-bond donors (Lipinski definition) is 1. The van der Waals surface area contributed by atoms with Gasteiger partial charge in [0.15, 0.2) is 0 Å². The van der Waals surface area contributed by atoms with Gasteiger partial charge < -0.3 is 5.32 Å². The summed E-state index contributed by atoms with van der Waals surface area (Å²) in [7, 11) is 3.93. The maximum atomic E-state index is 6.47. The van der Waals surface area contributed by atoms with E-state index in [1.54, 1.807) is 0 Å². The molecule has 1 aromatic heterocycles. The largest absolute Gasteiger partial charge is 0.313 e. The lowest BCUT2D eigenvalue weighted by Crippen LogP contribution is -2.21. The van der Waals surface area contributed by atoms with Crippen LogP contribution >= 0.6 is 27.5 Å². The Labute approximate surface area is 139 Å². The van der Waals surface area contributed by atoms with E-state index in [1.807, 2.05) is 18.8 Å². The number of aryl methyl sites for hydroxylation is 3. The minimum atomic E-state index is 0.192. The van der Waals surface area contributed by atoms with Crippen LogP contribution in [0.1, 0.15) is 35.5 Å². The molecule has 3 nitrogen and oxygen atoms in total. The third-order valence-electron chi connectivity index (χ3n) is 3.78. The fourth-order valence-corrected chi connectivity index (χ4v) is 3.43. The zero-order valence-corrected chi connectivity index (χ0v) is 15.2. The van der Waals surface area contributed by atoms with Gasteiger partial charge in [0.2, 0.25) is 0 Å². The Morgan fingerprint density at radius 2 is 2.14 bits per heavy atom. The highest BCUT2D eigenvalue weighted by molar-refractivity contribution is 9.10. The number of aromatic nitrogens is 2. The number of nitrogens with one attached hydrogen (secondary N) is 1. The molecule has 0 saturated heterocycles. The number of rotatable bonds is 5. The van der Waals surface area contributed by atoms with Crippen molar-refractivity contribution in [2.24, 2.45) is 7.05 Å². The molecule has 1 aromatic carbocycles. The van der Waals surface area contributed by atoms with Gasteiger partial charge in [-0.05, 0) is 32.0 Å². The summed E-state index contributed by atoms with van der Waals surface area (Å²) in [6, 6.07) is 6.59. The predicted octanol–water partition coefficient (Wildman–Crippen LogP) is 4.21. The topological polar surface area (TPSA) is 29.9 Å². The second kappa shape index (κ2) is 6.95. The van der Waals surface area contributed by atoms with Gasteiger partial charge >= 0.3 is 0 Å². The van der Waals surface area contributed by atoms with E-state index >= 15 is 0 Å². The van der Waals surface area contributed by atoms with Gasteiger partial charge in [-0.1, -0.05) is 52.2 Å². The van der Waals surface area contributed by atoms with E-state index in [1.165, 1.54) is 11.1 Å². The summed E-state index contributed by atoms with van der Waals surface area (Å²) in [5.74, 6) is 0. The van der Waals surface area contributed by atoms with E-state index in [9.17, 15) is 0 Å². The highest BCUT2D eigenvalue weighted by atomic mass is 79.9. The van der Waals surface area contributed by atoms with E-state index in [0.29, 0.717) is 0 Å². The normalized spacial score (nSPS) is 12.7. The lowest BCUT2D eigenvalue weighted by molar-refractivity contribution is 0.559. The molecule has 2 rings (SSSR count). The van der Waals surface area contributed by atoms with Crippen LogP contribution in [0.4, 0.5) is 0 Å². The number of halogens is 2. The van der Waals surface area contributed by atoms with E-state index in [4.69, 9.17) is 11.6 Å². The van der Waals surface area contributed by atoms with Crippen molar-refractivity contribution in [1.29, 1.82) is 0 Å². The average molecular weight is 371 g/mol. The van der Waals surface area contributed by atoms with Crippen molar-refractivity contribution in [3.63, 3.8) is 0 Å². The summed E-state index contributed by atoms with van der Waals surface area (Å²) in [5, 5.41) is 8.68. The second-order valence-corrected chi connectivity index (χ2v) is 6.49. The molecule has 1 unspecified atom stereocenters. The molecule has 1 atom stereocenters. The predicted molar refractivity (Wildman–Crippen MR) is 92.0 cm³/mol. The van der Waals surface area contributed by atoms with Crippen molar-refractivity contribution in [3.05, 3.63) is 50.2 Å². The van der Waals surface area contributed by atoms with Crippen LogP contribution in [0.3, 0.4) is 0 Å². The Kier molecular flexibility index (Phi) is 5.47. The highest BCUT2D eigenvalue weighted by Gasteiger charge is 2.19. The molecule has 0 saturated carbocycles. The van der Waals surface area contributed by atoms with Crippen LogP contribution in [0.2, 0.25) is 5.02 Å². The maximum Gasteiger partial charge on any atom is 0.0850 e. The SMILES string of the molecule is CCc1nn(C)c(CC(NC)c2cc(C)ccc2Br)c1Cl. The molecule has 114 valence electrons. The van der Waals surface area contributed by atoms with Gasteiger partial charge in [-0.15, -0.1) is 0 Å². The Hall–Kier alpha value is -0.840. The maximum absolute atomic E-state index is 6.47. The summed E-state index contributed by atoms with van der Waals surface area (Å²) in [5.41, 5.74) is 4.53. The highest BCUT2D eigenvalue weighted by Crippen LogP contribution is 2.30. The van der Waals surface area contributed by atoms with Crippen molar-refractivity contribution in [2.45, 2.75) is 32.7 Å². The fourth-order valence-electron chi connectivity index (χ4n) is 2.53. The van der Waals surface area contributed by atoms with Gasteiger partial charge in [-0.3, -0.25) is 4.68 Å². The summed E-state index contributed by atoms with van der Waals surface area (Å²) in [6.45, 7) is 4.18. The van der Waals surface area contributed by atoms with Gasteiger partial charge in [0, 0.05) is 24.0 Å². The first-order chi connectivity index (χ1) is 9.97. The molecule has 0 aliphatic heterocycles. The monoisotopic (exact) mass is 369 g/mol. The lowest BCUT2D eigenvalue weighted by Gasteiger charge is -2.19. The average Bonchev–Trinajstić information content (AvgIpc) is 2.74. The second-order valence-electron chi connectivity index (χ2n) is 5.25. The van der Waals surface area contributed by atoms with Crippen molar-refractivity contribution < 1.29 is 0 Å². The van der Waals surface area contributed by atoms with Crippen LogP contribution in [0.15, 0.2) is 22.7 Å². The molecule has 0 spiro atoms. The van der Waals surface area contributed by atoms with E-state index in [0.717, 1.165) is 33.7 Å². The van der Waals surface area contributed by atoms with Gasteiger partial charge in [-0.2, -0.15) is 5.10 Å². The molecule has 0 fully saturated rings. The molecule has 0 aliphatic rings. The lowest BCUT2D eigenvalue weighted by atomic mass is 10.00. The first-order valence-corrected chi connectivity index (χ1v) is 8.28. The molecular weight excluding hydrogens is 350 g/mol. The summed E-state index contributed by atoms with van der Waals surface area (Å²) < 4.78 is 3.01. The van der Waals surface area contributed by atoms with Gasteiger partial charge in [0.1, 0.15) is 0 Å².